The predicted molar refractivity (Wildman–Crippen MR) is 30.4 cm³/mol. The van der Waals surface area contributed by atoms with Crippen LogP contribution in [0.15, 0.2) is 5.16 Å². The highest BCUT2D eigenvalue weighted by Crippen LogP contribution is 1.61. The summed E-state index contributed by atoms with van der Waals surface area (Å²) in [4.78, 5) is 13.6. The van der Waals surface area contributed by atoms with E-state index in [4.69, 9.17) is 5.11 Å². The van der Waals surface area contributed by atoms with Gasteiger partial charge in [-0.15, -0.1) is 12.4 Å². The summed E-state index contributed by atoms with van der Waals surface area (Å²) >= 11 is 0. The summed E-state index contributed by atoms with van der Waals surface area (Å²) < 4.78 is 0. The summed E-state index contributed by atoms with van der Waals surface area (Å²) in [6, 6.07) is 0. The largest absolute Gasteiger partial charge is 0.477 e. The number of aliphatic carboxylic acids is 1. The van der Waals surface area contributed by atoms with Gasteiger partial charge in [0.05, 0.1) is 0 Å². The molecule has 0 aromatic rings. The van der Waals surface area contributed by atoms with E-state index in [0.717, 1.165) is 0 Å². The third kappa shape index (κ3) is 8.97. The Morgan fingerprint density at radius 2 is 2.38 bits per heavy atom. The van der Waals surface area contributed by atoms with Gasteiger partial charge in [0.2, 0.25) is 0 Å². The molecular formula is C3H6ClNO3. The quantitative estimate of drug-likeness (QED) is 0.437. The van der Waals surface area contributed by atoms with Crippen molar-refractivity contribution < 1.29 is 14.7 Å². The number of carbonyl (C=O) groups is 1. The van der Waals surface area contributed by atoms with Crippen LogP contribution in [0.2, 0.25) is 0 Å². The molecule has 0 aliphatic rings. The zero-order chi connectivity index (χ0) is 5.70. The number of oxime groups is 1. The summed E-state index contributed by atoms with van der Waals surface area (Å²) in [5, 5.41) is 10.8. The first-order valence-electron chi connectivity index (χ1n) is 1.57. The highest BCUT2D eigenvalue weighted by molar-refractivity contribution is 6.21. The fourth-order valence-corrected chi connectivity index (χ4v) is 0.0978. The van der Waals surface area contributed by atoms with Crippen molar-refractivity contribution in [1.29, 1.82) is 0 Å². The van der Waals surface area contributed by atoms with E-state index in [-0.39, 0.29) is 12.4 Å². The molecule has 0 bridgehead atoms. The Labute approximate surface area is 52.5 Å². The monoisotopic (exact) mass is 139 g/mol. The second-order valence-electron chi connectivity index (χ2n) is 0.755. The molecule has 0 rings (SSSR count). The van der Waals surface area contributed by atoms with Crippen molar-refractivity contribution in [3.05, 3.63) is 0 Å². The van der Waals surface area contributed by atoms with Crippen LogP contribution in [0.5, 0.6) is 0 Å². The van der Waals surface area contributed by atoms with Gasteiger partial charge in [0.15, 0.2) is 6.21 Å². The lowest BCUT2D eigenvalue weighted by Gasteiger charge is -1.78. The normalized spacial score (nSPS) is 8.12. The van der Waals surface area contributed by atoms with Gasteiger partial charge < -0.3 is 9.94 Å². The van der Waals surface area contributed by atoms with Gasteiger partial charge in [0, 0.05) is 0 Å². The van der Waals surface area contributed by atoms with E-state index in [1.54, 1.807) is 0 Å². The van der Waals surface area contributed by atoms with Crippen LogP contribution >= 0.6 is 12.4 Å². The fraction of sp³-hybridized carbons (Fsp3) is 0.333. The average molecular weight is 140 g/mol. The molecule has 0 radical (unpaired) electrons. The molecule has 1 N–H and O–H groups in total. The first-order chi connectivity index (χ1) is 3.27. The van der Waals surface area contributed by atoms with E-state index in [1.807, 2.05) is 0 Å². The van der Waals surface area contributed by atoms with E-state index < -0.39 is 5.97 Å². The molecule has 0 aliphatic heterocycles. The van der Waals surface area contributed by atoms with Gasteiger partial charge in [0.1, 0.15) is 7.11 Å². The number of rotatable bonds is 2. The molecule has 5 heteroatoms. The van der Waals surface area contributed by atoms with Crippen molar-refractivity contribution in [2.45, 2.75) is 0 Å². The number of nitrogens with zero attached hydrogens (tertiary/aromatic N) is 1. The Balaban J connectivity index is 0. The first kappa shape index (κ1) is 10.3. The molecule has 0 aromatic heterocycles. The molecular weight excluding hydrogens is 133 g/mol. The molecule has 0 aliphatic carbocycles. The highest BCUT2D eigenvalue weighted by Gasteiger charge is 1.82. The van der Waals surface area contributed by atoms with Gasteiger partial charge in [0.25, 0.3) is 0 Å². The van der Waals surface area contributed by atoms with Crippen molar-refractivity contribution >= 4 is 24.6 Å². The molecule has 8 heavy (non-hydrogen) atoms. The Hall–Kier alpha value is -0.770. The zero-order valence-corrected chi connectivity index (χ0v) is 5.01. The molecule has 0 saturated carbocycles. The second-order valence-corrected chi connectivity index (χ2v) is 0.755. The van der Waals surface area contributed by atoms with Crippen LogP contribution in [0, 0.1) is 0 Å². The van der Waals surface area contributed by atoms with Crippen molar-refractivity contribution in [1.82, 2.24) is 0 Å². The minimum Gasteiger partial charge on any atom is -0.477 e. The number of hydrogen-bond donors (Lipinski definition) is 1. The summed E-state index contributed by atoms with van der Waals surface area (Å²) in [5.74, 6) is -1.11. The predicted octanol–water partition coefficient (Wildman–Crippen LogP) is 0.125. The van der Waals surface area contributed by atoms with Crippen LogP contribution < -0.4 is 0 Å². The fourth-order valence-electron chi connectivity index (χ4n) is 0.0978. The topological polar surface area (TPSA) is 58.9 Å². The van der Waals surface area contributed by atoms with E-state index >= 15 is 0 Å². The minimum absolute atomic E-state index is 0. The van der Waals surface area contributed by atoms with Crippen LogP contribution in [-0.2, 0) is 9.63 Å². The summed E-state index contributed by atoms with van der Waals surface area (Å²) in [6.45, 7) is 0. The van der Waals surface area contributed by atoms with Crippen molar-refractivity contribution in [2.24, 2.45) is 5.16 Å². The van der Waals surface area contributed by atoms with Crippen LogP contribution in [0.3, 0.4) is 0 Å². The number of carboxylic acids is 1. The zero-order valence-electron chi connectivity index (χ0n) is 4.20. The average Bonchev–Trinajstić information content (AvgIpc) is 1.61. The molecule has 48 valence electrons. The van der Waals surface area contributed by atoms with Crippen molar-refractivity contribution in [3.63, 3.8) is 0 Å². The molecule has 0 aromatic carbocycles. The third-order valence-electron chi connectivity index (χ3n) is 0.269. The van der Waals surface area contributed by atoms with Gasteiger partial charge in [-0.3, -0.25) is 0 Å². The lowest BCUT2D eigenvalue weighted by atomic mass is 10.8. The lowest BCUT2D eigenvalue weighted by Crippen LogP contribution is -1.94. The number of carboxylic acid groups (broad SMARTS) is 1. The van der Waals surface area contributed by atoms with E-state index in [0.29, 0.717) is 6.21 Å². The Kier molecular flexibility index (Phi) is 7.99. The maximum Gasteiger partial charge on any atom is 0.350 e. The molecule has 0 saturated heterocycles. The first-order valence-corrected chi connectivity index (χ1v) is 1.57. The van der Waals surface area contributed by atoms with Crippen LogP contribution in [0.1, 0.15) is 0 Å². The minimum atomic E-state index is -1.11. The third-order valence-corrected chi connectivity index (χ3v) is 0.269. The number of hydrogen-bond acceptors (Lipinski definition) is 3. The van der Waals surface area contributed by atoms with Gasteiger partial charge in [-0.25, -0.2) is 4.79 Å². The highest BCUT2D eigenvalue weighted by atomic mass is 35.5. The Morgan fingerprint density at radius 1 is 1.88 bits per heavy atom. The smallest absolute Gasteiger partial charge is 0.350 e. The molecule has 0 fully saturated rings. The molecule has 0 amide bonds. The summed E-state index contributed by atoms with van der Waals surface area (Å²) in [7, 11) is 1.28. The van der Waals surface area contributed by atoms with Gasteiger partial charge in [-0.05, 0) is 0 Å². The van der Waals surface area contributed by atoms with Gasteiger partial charge >= 0.3 is 5.97 Å². The number of halogens is 1. The van der Waals surface area contributed by atoms with Crippen molar-refractivity contribution in [3.8, 4) is 0 Å². The van der Waals surface area contributed by atoms with E-state index in [2.05, 4.69) is 9.99 Å². The molecule has 0 heterocycles. The molecule has 4 nitrogen and oxygen atoms in total. The standard InChI is InChI=1S/C3H5NO3.ClH/c1-7-4-2-3(5)6;/h2H,1H3,(H,5,6);1H. The maximum atomic E-state index is 9.53. The maximum absolute atomic E-state index is 9.53. The Bertz CT molecular complexity index is 92.5. The lowest BCUT2D eigenvalue weighted by molar-refractivity contribution is -0.129. The molecule has 0 atom stereocenters. The van der Waals surface area contributed by atoms with Crippen LogP contribution in [0.25, 0.3) is 0 Å². The van der Waals surface area contributed by atoms with Crippen molar-refractivity contribution in [2.75, 3.05) is 7.11 Å². The summed E-state index contributed by atoms with van der Waals surface area (Å²) in [6.07, 6.45) is 0.667. The second kappa shape index (κ2) is 6.23. The van der Waals surface area contributed by atoms with E-state index in [1.165, 1.54) is 7.11 Å². The molecule has 0 spiro atoms. The molecule has 0 unspecified atom stereocenters. The van der Waals surface area contributed by atoms with Crippen LogP contribution in [0.4, 0.5) is 0 Å². The van der Waals surface area contributed by atoms with E-state index in [9.17, 15) is 4.79 Å². The van der Waals surface area contributed by atoms with Gasteiger partial charge in [-0.1, -0.05) is 5.16 Å². The Morgan fingerprint density at radius 3 is 2.50 bits per heavy atom. The SMILES string of the molecule is CON=CC(=O)O.Cl. The van der Waals surface area contributed by atoms with Crippen LogP contribution in [-0.4, -0.2) is 24.4 Å². The van der Waals surface area contributed by atoms with Gasteiger partial charge in [-0.2, -0.15) is 0 Å². The summed E-state index contributed by atoms with van der Waals surface area (Å²) in [5.41, 5.74) is 0.